The molecule has 1 unspecified atom stereocenters. The SMILES string of the molecule is CCc1oc2ccc(NC3=NCC(/C=N/OC)C(=O)N3Cc3ccc(Cl)cc3)cc2c1C. The number of amides is 1. The van der Waals surface area contributed by atoms with Crippen LogP contribution in [0.4, 0.5) is 5.69 Å². The Hall–Kier alpha value is -3.32. The van der Waals surface area contributed by atoms with Gasteiger partial charge in [0.1, 0.15) is 18.5 Å². The van der Waals surface area contributed by atoms with Crippen molar-refractivity contribution in [3.8, 4) is 0 Å². The molecule has 32 heavy (non-hydrogen) atoms. The van der Waals surface area contributed by atoms with Gasteiger partial charge in [0, 0.05) is 22.5 Å². The first-order valence-corrected chi connectivity index (χ1v) is 10.8. The standard InChI is InChI=1S/C24H25ClN4O3/c1-4-21-15(2)20-11-19(9-10-22(20)32-21)28-24-26-12-17(13-27-31-3)23(30)29(24)14-16-5-7-18(25)8-6-16/h5-11,13,17H,4,12,14H2,1-3H3,(H,26,28)/b27-13+. The van der Waals surface area contributed by atoms with Crippen molar-refractivity contribution in [3.05, 3.63) is 64.4 Å². The van der Waals surface area contributed by atoms with Crippen LogP contribution >= 0.6 is 11.6 Å². The molecule has 1 aromatic heterocycles. The number of furan rings is 1. The molecule has 4 rings (SSSR count). The maximum Gasteiger partial charge on any atom is 0.240 e. The number of benzene rings is 2. The van der Waals surface area contributed by atoms with Crippen LogP contribution in [0.5, 0.6) is 0 Å². The van der Waals surface area contributed by atoms with E-state index in [4.69, 9.17) is 20.9 Å². The number of aryl methyl sites for hydroxylation is 2. The van der Waals surface area contributed by atoms with Gasteiger partial charge in [0.25, 0.3) is 0 Å². The molecule has 0 saturated heterocycles. The molecule has 0 saturated carbocycles. The highest BCUT2D eigenvalue weighted by Crippen LogP contribution is 2.29. The van der Waals surface area contributed by atoms with Crippen LogP contribution in [-0.2, 0) is 22.6 Å². The first kappa shape index (κ1) is 21.9. The minimum Gasteiger partial charge on any atom is -0.461 e. The number of aliphatic imine (C=N–C) groups is 1. The Morgan fingerprint density at radius 3 is 2.81 bits per heavy atom. The number of hydrogen-bond donors (Lipinski definition) is 1. The van der Waals surface area contributed by atoms with Gasteiger partial charge in [-0.15, -0.1) is 0 Å². The number of halogens is 1. The molecule has 7 nitrogen and oxygen atoms in total. The summed E-state index contributed by atoms with van der Waals surface area (Å²) in [6.45, 7) is 4.77. The quantitative estimate of drug-likeness (QED) is 0.421. The van der Waals surface area contributed by atoms with E-state index in [-0.39, 0.29) is 12.5 Å². The van der Waals surface area contributed by atoms with Crippen LogP contribution in [0.3, 0.4) is 0 Å². The van der Waals surface area contributed by atoms with Crippen molar-refractivity contribution in [3.63, 3.8) is 0 Å². The zero-order chi connectivity index (χ0) is 22.7. The van der Waals surface area contributed by atoms with E-state index < -0.39 is 5.92 Å². The monoisotopic (exact) mass is 452 g/mol. The summed E-state index contributed by atoms with van der Waals surface area (Å²) in [4.78, 5) is 24.3. The molecule has 2 heterocycles. The number of hydrogen-bond acceptors (Lipinski definition) is 6. The number of carbonyl (C=O) groups is 1. The summed E-state index contributed by atoms with van der Waals surface area (Å²) in [5.41, 5.74) is 3.75. The first-order chi connectivity index (χ1) is 15.5. The fraction of sp³-hybridized carbons (Fsp3) is 0.292. The van der Waals surface area contributed by atoms with Gasteiger partial charge < -0.3 is 14.6 Å². The van der Waals surface area contributed by atoms with E-state index in [1.165, 1.54) is 13.3 Å². The second-order valence-corrected chi connectivity index (χ2v) is 8.03. The number of carbonyl (C=O) groups excluding carboxylic acids is 1. The van der Waals surface area contributed by atoms with Crippen molar-refractivity contribution in [2.75, 3.05) is 19.0 Å². The Morgan fingerprint density at radius 2 is 2.09 bits per heavy atom. The second-order valence-electron chi connectivity index (χ2n) is 7.60. The average molecular weight is 453 g/mol. The van der Waals surface area contributed by atoms with Gasteiger partial charge in [0.05, 0.1) is 25.2 Å². The summed E-state index contributed by atoms with van der Waals surface area (Å²) in [5, 5.41) is 8.79. The third kappa shape index (κ3) is 4.48. The molecule has 1 N–H and O–H groups in total. The molecule has 0 aliphatic carbocycles. The molecule has 0 radical (unpaired) electrons. The zero-order valence-corrected chi connectivity index (χ0v) is 19.0. The molecule has 1 aliphatic heterocycles. The fourth-order valence-corrected chi connectivity index (χ4v) is 3.87. The van der Waals surface area contributed by atoms with Crippen LogP contribution in [0.1, 0.15) is 23.8 Å². The summed E-state index contributed by atoms with van der Waals surface area (Å²) in [6, 6.07) is 13.3. The predicted molar refractivity (Wildman–Crippen MR) is 127 cm³/mol. The van der Waals surface area contributed by atoms with Gasteiger partial charge in [-0.25, -0.2) is 0 Å². The van der Waals surface area contributed by atoms with Gasteiger partial charge in [-0.05, 0) is 48.4 Å². The molecule has 1 amide bonds. The zero-order valence-electron chi connectivity index (χ0n) is 18.3. The Kier molecular flexibility index (Phi) is 6.46. The van der Waals surface area contributed by atoms with Gasteiger partial charge in [0.2, 0.25) is 11.9 Å². The van der Waals surface area contributed by atoms with Crippen molar-refractivity contribution in [1.29, 1.82) is 0 Å². The van der Waals surface area contributed by atoms with Gasteiger partial charge in [-0.2, -0.15) is 0 Å². The number of rotatable bonds is 6. The van der Waals surface area contributed by atoms with Gasteiger partial charge in [0.15, 0.2) is 0 Å². The Labute approximate surface area is 191 Å². The highest BCUT2D eigenvalue weighted by Gasteiger charge is 2.31. The van der Waals surface area contributed by atoms with E-state index in [1.54, 1.807) is 17.0 Å². The normalized spacial score (nSPS) is 16.6. The highest BCUT2D eigenvalue weighted by molar-refractivity contribution is 6.30. The molecule has 0 fully saturated rings. The second kappa shape index (κ2) is 9.44. The van der Waals surface area contributed by atoms with Crippen molar-refractivity contribution in [2.45, 2.75) is 26.8 Å². The van der Waals surface area contributed by atoms with E-state index in [2.05, 4.69) is 29.3 Å². The van der Waals surface area contributed by atoms with Crippen molar-refractivity contribution >= 4 is 46.3 Å². The molecular weight excluding hydrogens is 428 g/mol. The fourth-order valence-electron chi connectivity index (χ4n) is 3.75. The van der Waals surface area contributed by atoms with Crippen LogP contribution in [0.2, 0.25) is 5.02 Å². The summed E-state index contributed by atoms with van der Waals surface area (Å²) in [7, 11) is 1.45. The minimum atomic E-state index is -0.487. The topological polar surface area (TPSA) is 79.4 Å². The lowest BCUT2D eigenvalue weighted by atomic mass is 10.1. The Morgan fingerprint density at radius 1 is 1.31 bits per heavy atom. The number of oxime groups is 1. The number of nitrogens with zero attached hydrogens (tertiary/aromatic N) is 3. The minimum absolute atomic E-state index is 0.105. The number of anilines is 1. The number of fused-ring (bicyclic) bond motifs is 1. The lowest BCUT2D eigenvalue weighted by Gasteiger charge is -2.31. The van der Waals surface area contributed by atoms with Gasteiger partial charge in [-0.1, -0.05) is 35.8 Å². The molecular formula is C24H25ClN4O3. The van der Waals surface area contributed by atoms with Crippen molar-refractivity contribution in [2.24, 2.45) is 16.1 Å². The summed E-state index contributed by atoms with van der Waals surface area (Å²) in [5.74, 6) is 0.876. The largest absolute Gasteiger partial charge is 0.461 e. The molecule has 0 bridgehead atoms. The molecule has 1 atom stereocenters. The highest BCUT2D eigenvalue weighted by atomic mass is 35.5. The molecule has 3 aromatic rings. The molecule has 2 aromatic carbocycles. The van der Waals surface area contributed by atoms with E-state index in [0.717, 1.165) is 40.0 Å². The van der Waals surface area contributed by atoms with Crippen LogP contribution in [0.15, 0.2) is 57.0 Å². The summed E-state index contributed by atoms with van der Waals surface area (Å²) < 4.78 is 5.91. The molecule has 166 valence electrons. The number of nitrogens with one attached hydrogen (secondary N) is 1. The number of guanidine groups is 1. The predicted octanol–water partition coefficient (Wildman–Crippen LogP) is 5.02. The van der Waals surface area contributed by atoms with E-state index >= 15 is 0 Å². The van der Waals surface area contributed by atoms with Crippen molar-refractivity contribution in [1.82, 2.24) is 4.90 Å². The molecule has 0 spiro atoms. The third-order valence-corrected chi connectivity index (χ3v) is 5.74. The first-order valence-electron chi connectivity index (χ1n) is 10.5. The third-order valence-electron chi connectivity index (χ3n) is 5.49. The van der Waals surface area contributed by atoms with Gasteiger partial charge in [-0.3, -0.25) is 14.7 Å². The van der Waals surface area contributed by atoms with Crippen LogP contribution in [-0.4, -0.2) is 36.6 Å². The van der Waals surface area contributed by atoms with Crippen molar-refractivity contribution < 1.29 is 14.0 Å². The van der Waals surface area contributed by atoms with E-state index in [1.807, 2.05) is 30.3 Å². The molecule has 1 aliphatic rings. The Balaban J connectivity index is 1.64. The average Bonchev–Trinajstić information content (AvgIpc) is 3.12. The maximum absolute atomic E-state index is 13.2. The van der Waals surface area contributed by atoms with E-state index in [0.29, 0.717) is 17.5 Å². The lowest BCUT2D eigenvalue weighted by molar-refractivity contribution is -0.130. The van der Waals surface area contributed by atoms with E-state index in [9.17, 15) is 4.79 Å². The smallest absolute Gasteiger partial charge is 0.240 e. The van der Waals surface area contributed by atoms with Gasteiger partial charge >= 0.3 is 0 Å². The maximum atomic E-state index is 13.2. The van der Waals surface area contributed by atoms with Crippen LogP contribution in [0, 0.1) is 12.8 Å². The molecule has 8 heteroatoms. The lowest BCUT2D eigenvalue weighted by Crippen LogP contribution is -2.48. The van der Waals surface area contributed by atoms with Crippen LogP contribution < -0.4 is 5.32 Å². The summed E-state index contributed by atoms with van der Waals surface area (Å²) in [6.07, 6.45) is 2.33. The Bertz CT molecular complexity index is 1180. The van der Waals surface area contributed by atoms with Crippen LogP contribution in [0.25, 0.3) is 11.0 Å². The summed E-state index contributed by atoms with van der Waals surface area (Å²) >= 11 is 6.02.